The van der Waals surface area contributed by atoms with Crippen molar-refractivity contribution in [3.05, 3.63) is 39.9 Å². The molecule has 2 N–H and O–H groups in total. The molecule has 1 aromatic carbocycles. The Morgan fingerprint density at radius 1 is 1.15 bits per heavy atom. The van der Waals surface area contributed by atoms with E-state index in [4.69, 9.17) is 0 Å². The molecule has 0 radical (unpaired) electrons. The van der Waals surface area contributed by atoms with Gasteiger partial charge in [-0.2, -0.15) is 0 Å². The van der Waals surface area contributed by atoms with Gasteiger partial charge in [0.15, 0.2) is 0 Å². The van der Waals surface area contributed by atoms with Crippen LogP contribution in [0.25, 0.3) is 0 Å². The van der Waals surface area contributed by atoms with Crippen molar-refractivity contribution in [1.82, 2.24) is 10.6 Å². The fourth-order valence-electron chi connectivity index (χ4n) is 1.48. The Morgan fingerprint density at radius 3 is 2.35 bits per heavy atom. The number of rotatable bonds is 7. The van der Waals surface area contributed by atoms with Crippen LogP contribution in [0.1, 0.15) is 30.1 Å². The molecule has 0 bridgehead atoms. The summed E-state index contributed by atoms with van der Waals surface area (Å²) < 4.78 is 0. The Labute approximate surface area is 116 Å². The van der Waals surface area contributed by atoms with Crippen molar-refractivity contribution in [3.63, 3.8) is 0 Å². The third kappa shape index (κ3) is 5.05. The number of non-ortho nitro benzene ring substituents is 1. The minimum absolute atomic E-state index is 0.0690. The van der Waals surface area contributed by atoms with Gasteiger partial charge in [-0.3, -0.25) is 19.7 Å². The van der Waals surface area contributed by atoms with E-state index in [0.717, 1.165) is 6.42 Å². The smallest absolute Gasteiger partial charge is 0.269 e. The van der Waals surface area contributed by atoms with Crippen LogP contribution in [0.2, 0.25) is 0 Å². The zero-order chi connectivity index (χ0) is 15.0. The SMILES string of the molecule is CCCNC(=O)CCNC(=O)c1ccc([N+](=O)[O-])cc1. The average Bonchev–Trinajstić information content (AvgIpc) is 2.45. The molecule has 0 aliphatic carbocycles. The van der Waals surface area contributed by atoms with Gasteiger partial charge in [0.05, 0.1) is 4.92 Å². The van der Waals surface area contributed by atoms with Gasteiger partial charge in [0.25, 0.3) is 11.6 Å². The Hall–Kier alpha value is -2.44. The summed E-state index contributed by atoms with van der Waals surface area (Å²) in [4.78, 5) is 33.0. The highest BCUT2D eigenvalue weighted by molar-refractivity contribution is 5.94. The van der Waals surface area contributed by atoms with E-state index >= 15 is 0 Å². The number of nitro benzene ring substituents is 1. The van der Waals surface area contributed by atoms with Gasteiger partial charge >= 0.3 is 0 Å². The molecule has 0 atom stereocenters. The van der Waals surface area contributed by atoms with Crippen LogP contribution in [-0.2, 0) is 4.79 Å². The molecule has 0 unspecified atom stereocenters. The summed E-state index contributed by atoms with van der Waals surface area (Å²) >= 11 is 0. The fourth-order valence-corrected chi connectivity index (χ4v) is 1.48. The molecule has 108 valence electrons. The Balaban J connectivity index is 2.39. The summed E-state index contributed by atoms with van der Waals surface area (Å²) in [5.74, 6) is -0.473. The van der Waals surface area contributed by atoms with Crippen molar-refractivity contribution in [1.29, 1.82) is 0 Å². The number of carbonyl (C=O) groups is 2. The molecule has 7 nitrogen and oxygen atoms in total. The number of hydrogen-bond donors (Lipinski definition) is 2. The van der Waals surface area contributed by atoms with Gasteiger partial charge in [0, 0.05) is 37.2 Å². The molecule has 1 aromatic rings. The highest BCUT2D eigenvalue weighted by atomic mass is 16.6. The summed E-state index contributed by atoms with van der Waals surface area (Å²) in [5, 5.41) is 15.8. The van der Waals surface area contributed by atoms with Gasteiger partial charge in [-0.25, -0.2) is 0 Å². The van der Waals surface area contributed by atoms with E-state index < -0.39 is 4.92 Å². The molecule has 1 rings (SSSR count). The first-order valence-electron chi connectivity index (χ1n) is 6.34. The second-order valence-electron chi connectivity index (χ2n) is 4.16. The van der Waals surface area contributed by atoms with E-state index in [0.29, 0.717) is 12.1 Å². The van der Waals surface area contributed by atoms with Crippen molar-refractivity contribution in [2.75, 3.05) is 13.1 Å². The molecule has 0 saturated carbocycles. The second kappa shape index (κ2) is 7.88. The van der Waals surface area contributed by atoms with Gasteiger partial charge in [-0.1, -0.05) is 6.92 Å². The van der Waals surface area contributed by atoms with Crippen molar-refractivity contribution >= 4 is 17.5 Å². The largest absolute Gasteiger partial charge is 0.356 e. The molecular weight excluding hydrogens is 262 g/mol. The number of amides is 2. The predicted octanol–water partition coefficient (Wildman–Crippen LogP) is 1.24. The monoisotopic (exact) mass is 279 g/mol. The minimum Gasteiger partial charge on any atom is -0.356 e. The van der Waals surface area contributed by atoms with Crippen molar-refractivity contribution < 1.29 is 14.5 Å². The summed E-state index contributed by atoms with van der Waals surface area (Å²) in [7, 11) is 0. The van der Waals surface area contributed by atoms with Crippen LogP contribution in [0, 0.1) is 10.1 Å². The van der Waals surface area contributed by atoms with Gasteiger partial charge < -0.3 is 10.6 Å². The normalized spacial score (nSPS) is 9.85. The summed E-state index contributed by atoms with van der Waals surface area (Å²) in [6, 6.07) is 5.29. The third-order valence-corrected chi connectivity index (χ3v) is 2.55. The first-order chi connectivity index (χ1) is 9.54. The maximum absolute atomic E-state index is 11.7. The Kier molecular flexibility index (Phi) is 6.15. The lowest BCUT2D eigenvalue weighted by Gasteiger charge is -2.05. The van der Waals surface area contributed by atoms with E-state index in [2.05, 4.69) is 10.6 Å². The molecule has 2 amide bonds. The van der Waals surface area contributed by atoms with Crippen molar-refractivity contribution in [2.45, 2.75) is 19.8 Å². The standard InChI is InChI=1S/C13H17N3O4/c1-2-8-14-12(17)7-9-15-13(18)10-3-5-11(6-4-10)16(19)20/h3-6H,2,7-9H2,1H3,(H,14,17)(H,15,18). The quantitative estimate of drug-likeness (QED) is 0.579. The summed E-state index contributed by atoms with van der Waals surface area (Å²) in [5.41, 5.74) is 0.255. The minimum atomic E-state index is -0.528. The van der Waals surface area contributed by atoms with Crippen LogP contribution in [0.4, 0.5) is 5.69 Å². The van der Waals surface area contributed by atoms with Gasteiger partial charge in [0.2, 0.25) is 5.91 Å². The summed E-state index contributed by atoms with van der Waals surface area (Å²) in [6.45, 7) is 2.80. The van der Waals surface area contributed by atoms with Gasteiger partial charge in [-0.15, -0.1) is 0 Å². The van der Waals surface area contributed by atoms with Gasteiger partial charge in [-0.05, 0) is 18.6 Å². The van der Waals surface area contributed by atoms with Crippen LogP contribution >= 0.6 is 0 Å². The van der Waals surface area contributed by atoms with E-state index in [9.17, 15) is 19.7 Å². The molecule has 0 aliphatic heterocycles. The molecule has 0 saturated heterocycles. The predicted molar refractivity (Wildman–Crippen MR) is 73.3 cm³/mol. The lowest BCUT2D eigenvalue weighted by atomic mass is 10.2. The lowest BCUT2D eigenvalue weighted by molar-refractivity contribution is -0.384. The molecule has 0 aliphatic rings. The molecular formula is C13H17N3O4. The highest BCUT2D eigenvalue weighted by Crippen LogP contribution is 2.11. The maximum Gasteiger partial charge on any atom is 0.269 e. The molecule has 7 heteroatoms. The molecule has 0 fully saturated rings. The lowest BCUT2D eigenvalue weighted by Crippen LogP contribution is -2.31. The van der Waals surface area contributed by atoms with E-state index in [1.54, 1.807) is 0 Å². The summed E-state index contributed by atoms with van der Waals surface area (Å²) in [6.07, 6.45) is 1.07. The molecule has 0 heterocycles. The Bertz CT molecular complexity index is 485. The number of carbonyl (C=O) groups excluding carboxylic acids is 2. The van der Waals surface area contributed by atoms with Crippen LogP contribution in [0.15, 0.2) is 24.3 Å². The van der Waals surface area contributed by atoms with Crippen LogP contribution in [-0.4, -0.2) is 29.8 Å². The zero-order valence-electron chi connectivity index (χ0n) is 11.2. The molecule has 0 spiro atoms. The average molecular weight is 279 g/mol. The van der Waals surface area contributed by atoms with Crippen molar-refractivity contribution in [2.24, 2.45) is 0 Å². The number of nitro groups is 1. The van der Waals surface area contributed by atoms with Gasteiger partial charge in [0.1, 0.15) is 0 Å². The third-order valence-electron chi connectivity index (χ3n) is 2.55. The van der Waals surface area contributed by atoms with Crippen LogP contribution < -0.4 is 10.6 Å². The fraction of sp³-hybridized carbons (Fsp3) is 0.385. The van der Waals surface area contributed by atoms with Crippen molar-refractivity contribution in [3.8, 4) is 0 Å². The first-order valence-corrected chi connectivity index (χ1v) is 6.34. The number of nitrogens with one attached hydrogen (secondary N) is 2. The highest BCUT2D eigenvalue weighted by Gasteiger charge is 2.09. The van der Waals surface area contributed by atoms with E-state index in [-0.39, 0.29) is 30.5 Å². The Morgan fingerprint density at radius 2 is 1.80 bits per heavy atom. The van der Waals surface area contributed by atoms with E-state index in [1.807, 2.05) is 6.92 Å². The first kappa shape index (κ1) is 15.6. The van der Waals surface area contributed by atoms with Crippen LogP contribution in [0.5, 0.6) is 0 Å². The number of nitrogens with zero attached hydrogens (tertiary/aromatic N) is 1. The molecule has 20 heavy (non-hydrogen) atoms. The topological polar surface area (TPSA) is 101 Å². The van der Waals surface area contributed by atoms with Crippen LogP contribution in [0.3, 0.4) is 0 Å². The maximum atomic E-state index is 11.7. The number of benzene rings is 1. The second-order valence-corrected chi connectivity index (χ2v) is 4.16. The number of hydrogen-bond acceptors (Lipinski definition) is 4. The molecule has 0 aromatic heterocycles. The zero-order valence-corrected chi connectivity index (χ0v) is 11.2. The van der Waals surface area contributed by atoms with E-state index in [1.165, 1.54) is 24.3 Å².